The second-order valence-corrected chi connectivity index (χ2v) is 4.96. The van der Waals surface area contributed by atoms with Gasteiger partial charge in [-0.3, -0.25) is 4.79 Å². The highest BCUT2D eigenvalue weighted by Gasteiger charge is 2.22. The first-order valence-corrected chi connectivity index (χ1v) is 6.14. The molecule has 0 aromatic rings. The maximum Gasteiger partial charge on any atom is 0.223 e. The Morgan fingerprint density at radius 1 is 1.53 bits per heavy atom. The molecule has 1 aliphatic rings. The summed E-state index contributed by atoms with van der Waals surface area (Å²) in [5.41, 5.74) is 5.44. The first-order chi connectivity index (χ1) is 7.13. The van der Waals surface area contributed by atoms with Crippen molar-refractivity contribution in [2.45, 2.75) is 52.0 Å². The number of nitrogens with two attached hydrogens (primary N) is 1. The normalized spacial score (nSPS) is 28.5. The molecule has 3 nitrogen and oxygen atoms in total. The molecule has 0 bridgehead atoms. The summed E-state index contributed by atoms with van der Waals surface area (Å²) in [4.78, 5) is 11.7. The highest BCUT2D eigenvalue weighted by molar-refractivity contribution is 5.78. The van der Waals surface area contributed by atoms with Crippen LogP contribution in [0.1, 0.15) is 46.0 Å². The predicted octanol–water partition coefficient (Wildman–Crippen LogP) is 1.67. The molecule has 3 heteroatoms. The first-order valence-electron chi connectivity index (χ1n) is 6.14. The Balaban J connectivity index is 2.30. The summed E-state index contributed by atoms with van der Waals surface area (Å²) >= 11 is 0. The van der Waals surface area contributed by atoms with Gasteiger partial charge in [0.05, 0.1) is 0 Å². The number of carbonyl (C=O) groups excluding carboxylic acids is 1. The quantitative estimate of drug-likeness (QED) is 0.744. The van der Waals surface area contributed by atoms with Crippen LogP contribution in [0.5, 0.6) is 0 Å². The van der Waals surface area contributed by atoms with Gasteiger partial charge in [-0.05, 0) is 31.7 Å². The molecule has 1 rings (SSSR count). The number of carbonyl (C=O) groups is 1. The highest BCUT2D eigenvalue weighted by atomic mass is 16.1. The number of nitrogens with one attached hydrogen (secondary N) is 1. The van der Waals surface area contributed by atoms with Gasteiger partial charge in [0.15, 0.2) is 0 Å². The molecule has 0 aromatic heterocycles. The average Bonchev–Trinajstić information content (AvgIpc) is 2.18. The highest BCUT2D eigenvalue weighted by Crippen LogP contribution is 2.23. The zero-order valence-electron chi connectivity index (χ0n) is 9.96. The van der Waals surface area contributed by atoms with E-state index in [2.05, 4.69) is 12.2 Å². The molecule has 3 atom stereocenters. The topological polar surface area (TPSA) is 55.1 Å². The number of amides is 1. The van der Waals surface area contributed by atoms with Crippen molar-refractivity contribution in [3.63, 3.8) is 0 Å². The predicted molar refractivity (Wildman–Crippen MR) is 62.4 cm³/mol. The molecule has 1 amide bonds. The minimum absolute atomic E-state index is 0.0623. The minimum Gasteiger partial charge on any atom is -0.353 e. The molecule has 0 saturated heterocycles. The standard InChI is InChI=1S/C12H24N2O/c1-9-4-3-5-11(8-9)14-12(15)10(2)6-7-13/h9-11H,3-8,13H2,1-2H3,(H,14,15). The average molecular weight is 212 g/mol. The van der Waals surface area contributed by atoms with Crippen LogP contribution < -0.4 is 11.1 Å². The molecule has 3 unspecified atom stereocenters. The van der Waals surface area contributed by atoms with Crippen LogP contribution in [-0.2, 0) is 4.79 Å². The van der Waals surface area contributed by atoms with Gasteiger partial charge < -0.3 is 11.1 Å². The second kappa shape index (κ2) is 6.11. The van der Waals surface area contributed by atoms with Crippen molar-refractivity contribution in [1.82, 2.24) is 5.32 Å². The Morgan fingerprint density at radius 3 is 2.87 bits per heavy atom. The molecule has 0 aromatic carbocycles. The fraction of sp³-hybridized carbons (Fsp3) is 0.917. The van der Waals surface area contributed by atoms with Crippen LogP contribution in [0.15, 0.2) is 0 Å². The molecular weight excluding hydrogens is 188 g/mol. The van der Waals surface area contributed by atoms with Crippen molar-refractivity contribution >= 4 is 5.91 Å². The fourth-order valence-corrected chi connectivity index (χ4v) is 2.29. The molecule has 0 spiro atoms. The lowest BCUT2D eigenvalue weighted by molar-refractivity contribution is -0.125. The molecule has 0 radical (unpaired) electrons. The van der Waals surface area contributed by atoms with E-state index in [1.807, 2.05) is 6.92 Å². The summed E-state index contributed by atoms with van der Waals surface area (Å²) in [6, 6.07) is 0.404. The third-order valence-corrected chi connectivity index (χ3v) is 3.33. The van der Waals surface area contributed by atoms with Crippen molar-refractivity contribution in [1.29, 1.82) is 0 Å². The van der Waals surface area contributed by atoms with Crippen LogP contribution in [0, 0.1) is 11.8 Å². The van der Waals surface area contributed by atoms with E-state index < -0.39 is 0 Å². The van der Waals surface area contributed by atoms with Crippen LogP contribution in [0.4, 0.5) is 0 Å². The number of hydrogen-bond acceptors (Lipinski definition) is 2. The van der Waals surface area contributed by atoms with E-state index in [1.165, 1.54) is 12.8 Å². The van der Waals surface area contributed by atoms with E-state index in [0.29, 0.717) is 12.6 Å². The molecule has 1 fully saturated rings. The van der Waals surface area contributed by atoms with Gasteiger partial charge in [0.2, 0.25) is 5.91 Å². The lowest BCUT2D eigenvalue weighted by Crippen LogP contribution is -2.41. The molecule has 1 saturated carbocycles. The van der Waals surface area contributed by atoms with E-state index in [-0.39, 0.29) is 11.8 Å². The minimum atomic E-state index is 0.0623. The zero-order chi connectivity index (χ0) is 11.3. The maximum atomic E-state index is 11.7. The van der Waals surface area contributed by atoms with Gasteiger partial charge in [0.1, 0.15) is 0 Å². The Labute approximate surface area is 92.8 Å². The summed E-state index contributed by atoms with van der Waals surface area (Å²) in [6.45, 7) is 4.81. The molecule has 0 aliphatic heterocycles. The third kappa shape index (κ3) is 4.20. The van der Waals surface area contributed by atoms with E-state index in [1.54, 1.807) is 0 Å². The lowest BCUT2D eigenvalue weighted by Gasteiger charge is -2.28. The molecule has 0 heterocycles. The number of rotatable bonds is 4. The van der Waals surface area contributed by atoms with Gasteiger partial charge in [-0.15, -0.1) is 0 Å². The molecule has 1 aliphatic carbocycles. The molecular formula is C12H24N2O. The van der Waals surface area contributed by atoms with Crippen LogP contribution in [-0.4, -0.2) is 18.5 Å². The maximum absolute atomic E-state index is 11.7. The Hall–Kier alpha value is -0.570. The third-order valence-electron chi connectivity index (χ3n) is 3.33. The van der Waals surface area contributed by atoms with Gasteiger partial charge in [-0.1, -0.05) is 26.7 Å². The van der Waals surface area contributed by atoms with Crippen molar-refractivity contribution < 1.29 is 4.79 Å². The van der Waals surface area contributed by atoms with Gasteiger partial charge in [0, 0.05) is 12.0 Å². The monoisotopic (exact) mass is 212 g/mol. The lowest BCUT2D eigenvalue weighted by atomic mass is 9.87. The summed E-state index contributed by atoms with van der Waals surface area (Å²) in [6.07, 6.45) is 5.63. The summed E-state index contributed by atoms with van der Waals surface area (Å²) in [5.74, 6) is 1.00. The van der Waals surface area contributed by atoms with E-state index in [0.717, 1.165) is 25.2 Å². The van der Waals surface area contributed by atoms with Gasteiger partial charge in [-0.25, -0.2) is 0 Å². The van der Waals surface area contributed by atoms with Gasteiger partial charge in [0.25, 0.3) is 0 Å². The smallest absolute Gasteiger partial charge is 0.223 e. The molecule has 15 heavy (non-hydrogen) atoms. The van der Waals surface area contributed by atoms with Crippen LogP contribution in [0.25, 0.3) is 0 Å². The van der Waals surface area contributed by atoms with Crippen molar-refractivity contribution in [3.8, 4) is 0 Å². The van der Waals surface area contributed by atoms with E-state index in [9.17, 15) is 4.79 Å². The van der Waals surface area contributed by atoms with E-state index in [4.69, 9.17) is 5.73 Å². The first kappa shape index (κ1) is 12.5. The SMILES string of the molecule is CC1CCCC(NC(=O)C(C)CCN)C1. The van der Waals surface area contributed by atoms with E-state index >= 15 is 0 Å². The summed E-state index contributed by atoms with van der Waals surface area (Å²) in [7, 11) is 0. The van der Waals surface area contributed by atoms with Crippen molar-refractivity contribution in [3.05, 3.63) is 0 Å². The van der Waals surface area contributed by atoms with Crippen molar-refractivity contribution in [2.24, 2.45) is 17.6 Å². The van der Waals surface area contributed by atoms with Crippen LogP contribution in [0.3, 0.4) is 0 Å². The fourth-order valence-electron chi connectivity index (χ4n) is 2.29. The van der Waals surface area contributed by atoms with Crippen LogP contribution in [0.2, 0.25) is 0 Å². The molecule has 88 valence electrons. The Morgan fingerprint density at radius 2 is 2.27 bits per heavy atom. The van der Waals surface area contributed by atoms with Gasteiger partial charge >= 0.3 is 0 Å². The van der Waals surface area contributed by atoms with Crippen LogP contribution >= 0.6 is 0 Å². The van der Waals surface area contributed by atoms with Gasteiger partial charge in [-0.2, -0.15) is 0 Å². The Kier molecular flexibility index (Phi) is 5.09. The summed E-state index contributed by atoms with van der Waals surface area (Å²) < 4.78 is 0. The molecule has 3 N–H and O–H groups in total. The Bertz CT molecular complexity index is 206. The van der Waals surface area contributed by atoms with Crippen molar-refractivity contribution in [2.75, 3.05) is 6.54 Å². The largest absolute Gasteiger partial charge is 0.353 e. The number of hydrogen-bond donors (Lipinski definition) is 2. The summed E-state index contributed by atoms with van der Waals surface area (Å²) in [5, 5.41) is 3.14. The second-order valence-electron chi connectivity index (χ2n) is 4.96. The zero-order valence-corrected chi connectivity index (χ0v) is 9.96.